The number of hydrogen-bond donors (Lipinski definition) is 1. The Morgan fingerprint density at radius 2 is 1.97 bits per heavy atom. The molecule has 156 valence electrons. The standard InChI is InChI=1S/C22H26BrClN2O3/c1-4-19(22(28)25-5-2)26(13-16-8-6-7-15(3)11-16)21(27)14-29-20-10-9-17(23)12-18(20)24/h6-12,19H,4-5,13-14H2,1-3H3,(H,25,28)/t19-/m1/s1. The Bertz CT molecular complexity index is 860. The summed E-state index contributed by atoms with van der Waals surface area (Å²) < 4.78 is 6.48. The average Bonchev–Trinajstić information content (AvgIpc) is 2.67. The van der Waals surface area contributed by atoms with E-state index in [9.17, 15) is 9.59 Å². The van der Waals surface area contributed by atoms with E-state index in [1.807, 2.05) is 45.0 Å². The highest BCUT2D eigenvalue weighted by atomic mass is 79.9. The molecule has 0 aliphatic rings. The van der Waals surface area contributed by atoms with Gasteiger partial charge in [-0.3, -0.25) is 9.59 Å². The highest BCUT2D eigenvalue weighted by Gasteiger charge is 2.28. The lowest BCUT2D eigenvalue weighted by Crippen LogP contribution is -2.50. The highest BCUT2D eigenvalue weighted by Crippen LogP contribution is 2.27. The lowest BCUT2D eigenvalue weighted by atomic mass is 10.1. The molecule has 1 N–H and O–H groups in total. The number of rotatable bonds is 9. The minimum absolute atomic E-state index is 0.169. The minimum atomic E-state index is -0.577. The fraction of sp³-hybridized carbons (Fsp3) is 0.364. The zero-order valence-electron chi connectivity index (χ0n) is 16.9. The second-order valence-corrected chi connectivity index (χ2v) is 8.02. The first-order valence-electron chi connectivity index (χ1n) is 9.56. The van der Waals surface area contributed by atoms with Gasteiger partial charge in [-0.25, -0.2) is 0 Å². The van der Waals surface area contributed by atoms with Gasteiger partial charge in [0, 0.05) is 17.6 Å². The van der Waals surface area contributed by atoms with Crippen LogP contribution in [0.5, 0.6) is 5.75 Å². The average molecular weight is 482 g/mol. The SMILES string of the molecule is CCNC(=O)[C@@H](CC)N(Cc1cccc(C)c1)C(=O)COc1ccc(Br)cc1Cl. The number of aryl methyl sites for hydroxylation is 1. The molecule has 0 radical (unpaired) electrons. The molecule has 0 unspecified atom stereocenters. The fourth-order valence-corrected chi connectivity index (χ4v) is 3.76. The predicted octanol–water partition coefficient (Wildman–Crippen LogP) is 4.73. The summed E-state index contributed by atoms with van der Waals surface area (Å²) in [4.78, 5) is 27.2. The fourth-order valence-electron chi connectivity index (χ4n) is 3.03. The Kier molecular flexibility index (Phi) is 8.99. The number of amides is 2. The Hall–Kier alpha value is -2.05. The van der Waals surface area contributed by atoms with Gasteiger partial charge in [0.1, 0.15) is 11.8 Å². The molecular formula is C22H26BrClN2O3. The van der Waals surface area contributed by atoms with Crippen LogP contribution >= 0.6 is 27.5 Å². The van der Waals surface area contributed by atoms with Gasteiger partial charge in [0.2, 0.25) is 5.91 Å². The summed E-state index contributed by atoms with van der Waals surface area (Å²) in [5.41, 5.74) is 2.06. The van der Waals surface area contributed by atoms with Gasteiger partial charge in [0.25, 0.3) is 5.91 Å². The van der Waals surface area contributed by atoms with Gasteiger partial charge in [-0.05, 0) is 44.0 Å². The van der Waals surface area contributed by atoms with Crippen LogP contribution in [0.15, 0.2) is 46.9 Å². The van der Waals surface area contributed by atoms with Gasteiger partial charge in [-0.1, -0.05) is 64.3 Å². The molecule has 0 aliphatic carbocycles. The van der Waals surface area contributed by atoms with E-state index in [4.69, 9.17) is 16.3 Å². The van der Waals surface area contributed by atoms with E-state index in [1.165, 1.54) is 0 Å². The van der Waals surface area contributed by atoms with E-state index in [0.29, 0.717) is 30.3 Å². The first kappa shape index (κ1) is 23.2. The molecule has 0 saturated carbocycles. The Balaban J connectivity index is 2.22. The second-order valence-electron chi connectivity index (χ2n) is 6.69. The summed E-state index contributed by atoms with van der Waals surface area (Å²) in [7, 11) is 0. The van der Waals surface area contributed by atoms with Crippen molar-refractivity contribution in [3.63, 3.8) is 0 Å². The van der Waals surface area contributed by atoms with Crippen LogP contribution in [0.4, 0.5) is 0 Å². The molecule has 0 bridgehead atoms. The number of carbonyl (C=O) groups excluding carboxylic acids is 2. The van der Waals surface area contributed by atoms with Crippen molar-refractivity contribution >= 4 is 39.3 Å². The largest absolute Gasteiger partial charge is 0.482 e. The van der Waals surface area contributed by atoms with Crippen molar-refractivity contribution in [3.05, 3.63) is 63.1 Å². The molecule has 29 heavy (non-hydrogen) atoms. The van der Waals surface area contributed by atoms with Crippen LogP contribution in [0.1, 0.15) is 31.4 Å². The molecule has 0 heterocycles. The molecule has 0 spiro atoms. The maximum absolute atomic E-state index is 13.1. The number of nitrogens with zero attached hydrogens (tertiary/aromatic N) is 1. The van der Waals surface area contributed by atoms with Crippen molar-refractivity contribution in [2.75, 3.05) is 13.2 Å². The normalized spacial score (nSPS) is 11.6. The van der Waals surface area contributed by atoms with Crippen molar-refractivity contribution in [1.29, 1.82) is 0 Å². The van der Waals surface area contributed by atoms with Crippen molar-refractivity contribution in [2.24, 2.45) is 0 Å². The highest BCUT2D eigenvalue weighted by molar-refractivity contribution is 9.10. The number of benzene rings is 2. The molecule has 2 aromatic rings. The topological polar surface area (TPSA) is 58.6 Å². The van der Waals surface area contributed by atoms with Crippen molar-refractivity contribution in [1.82, 2.24) is 10.2 Å². The van der Waals surface area contributed by atoms with E-state index in [-0.39, 0.29) is 18.4 Å². The Labute approximate surface area is 185 Å². The van der Waals surface area contributed by atoms with Crippen LogP contribution in [0.3, 0.4) is 0 Å². The lowest BCUT2D eigenvalue weighted by Gasteiger charge is -2.30. The molecule has 0 aliphatic heterocycles. The summed E-state index contributed by atoms with van der Waals surface area (Å²) in [6.07, 6.45) is 0.502. The summed E-state index contributed by atoms with van der Waals surface area (Å²) >= 11 is 9.52. The Morgan fingerprint density at radius 1 is 1.21 bits per heavy atom. The summed E-state index contributed by atoms with van der Waals surface area (Å²) in [5.74, 6) is -0.0222. The third-order valence-electron chi connectivity index (χ3n) is 4.42. The van der Waals surface area contributed by atoms with Crippen molar-refractivity contribution in [2.45, 2.75) is 39.8 Å². The van der Waals surface area contributed by atoms with E-state index in [1.54, 1.807) is 23.1 Å². The second kappa shape index (κ2) is 11.2. The maximum Gasteiger partial charge on any atom is 0.261 e. The van der Waals surface area contributed by atoms with Crippen molar-refractivity contribution in [3.8, 4) is 5.75 Å². The van der Waals surface area contributed by atoms with Gasteiger partial charge in [0.15, 0.2) is 6.61 Å². The van der Waals surface area contributed by atoms with Gasteiger partial charge in [-0.15, -0.1) is 0 Å². The lowest BCUT2D eigenvalue weighted by molar-refractivity contribution is -0.142. The van der Waals surface area contributed by atoms with Crippen LogP contribution in [-0.2, 0) is 16.1 Å². The van der Waals surface area contributed by atoms with E-state index in [2.05, 4.69) is 21.2 Å². The summed E-state index contributed by atoms with van der Waals surface area (Å²) in [6, 6.07) is 12.5. The molecule has 2 rings (SSSR count). The van der Waals surface area contributed by atoms with Crippen LogP contribution in [0, 0.1) is 6.92 Å². The molecular weight excluding hydrogens is 456 g/mol. The van der Waals surface area contributed by atoms with Gasteiger partial charge in [-0.2, -0.15) is 0 Å². The van der Waals surface area contributed by atoms with Crippen LogP contribution in [0.25, 0.3) is 0 Å². The zero-order chi connectivity index (χ0) is 21.4. The quantitative estimate of drug-likeness (QED) is 0.563. The molecule has 2 amide bonds. The number of halogens is 2. The van der Waals surface area contributed by atoms with Gasteiger partial charge >= 0.3 is 0 Å². The molecule has 5 nitrogen and oxygen atoms in total. The van der Waals surface area contributed by atoms with Crippen LogP contribution in [0.2, 0.25) is 5.02 Å². The van der Waals surface area contributed by atoms with E-state index >= 15 is 0 Å². The number of likely N-dealkylation sites (N-methyl/N-ethyl adjacent to an activating group) is 1. The number of nitrogens with one attached hydrogen (secondary N) is 1. The zero-order valence-corrected chi connectivity index (χ0v) is 19.2. The predicted molar refractivity (Wildman–Crippen MR) is 119 cm³/mol. The summed E-state index contributed by atoms with van der Waals surface area (Å²) in [6.45, 7) is 6.37. The monoisotopic (exact) mass is 480 g/mol. The van der Waals surface area contributed by atoms with Gasteiger partial charge in [0.05, 0.1) is 5.02 Å². The van der Waals surface area contributed by atoms with E-state index < -0.39 is 6.04 Å². The molecule has 7 heteroatoms. The minimum Gasteiger partial charge on any atom is -0.482 e. The molecule has 0 saturated heterocycles. The Morgan fingerprint density at radius 3 is 2.59 bits per heavy atom. The molecule has 2 aromatic carbocycles. The van der Waals surface area contributed by atoms with Gasteiger partial charge < -0.3 is 15.0 Å². The number of ether oxygens (including phenoxy) is 1. The summed E-state index contributed by atoms with van der Waals surface area (Å²) in [5, 5.41) is 3.23. The molecule has 1 atom stereocenters. The van der Waals surface area contributed by atoms with Crippen molar-refractivity contribution < 1.29 is 14.3 Å². The molecule has 0 aromatic heterocycles. The number of hydrogen-bond acceptors (Lipinski definition) is 3. The van der Waals surface area contributed by atoms with Crippen LogP contribution in [-0.4, -0.2) is 35.9 Å². The molecule has 0 fully saturated rings. The third-order valence-corrected chi connectivity index (χ3v) is 5.21. The van der Waals surface area contributed by atoms with E-state index in [0.717, 1.165) is 15.6 Å². The number of carbonyl (C=O) groups is 2. The first-order valence-corrected chi connectivity index (χ1v) is 10.7. The third kappa shape index (κ3) is 6.75. The first-order chi connectivity index (χ1) is 13.8. The smallest absolute Gasteiger partial charge is 0.261 e. The maximum atomic E-state index is 13.1. The van der Waals surface area contributed by atoms with Crippen LogP contribution < -0.4 is 10.1 Å².